The van der Waals surface area contributed by atoms with Crippen LogP contribution in [-0.4, -0.2) is 70.8 Å². The first-order valence-corrected chi connectivity index (χ1v) is 12.2. The topological polar surface area (TPSA) is 139 Å². The number of aromatic nitrogens is 1. The van der Waals surface area contributed by atoms with Crippen LogP contribution in [0.4, 0.5) is 0 Å². The Morgan fingerprint density at radius 2 is 1.74 bits per heavy atom. The quantitative estimate of drug-likeness (QED) is 0.306. The summed E-state index contributed by atoms with van der Waals surface area (Å²) in [5.41, 5.74) is 2.57. The van der Waals surface area contributed by atoms with Crippen molar-refractivity contribution in [3.8, 4) is 11.5 Å². The molecule has 1 unspecified atom stereocenters. The van der Waals surface area contributed by atoms with Gasteiger partial charge in [-0.15, -0.1) is 0 Å². The number of carboxylic acid groups (broad SMARTS) is 2. The molecular weight excluding hydrogens is 492 g/mol. The molecule has 0 aliphatic carbocycles. The fourth-order valence-corrected chi connectivity index (χ4v) is 4.28. The molecule has 0 amide bonds. The predicted octanol–water partition coefficient (Wildman–Crippen LogP) is 4.40. The number of carbonyl (C=O) groups excluding carboxylic acids is 1. The molecule has 2 N–H and O–H groups in total. The van der Waals surface area contributed by atoms with E-state index in [0.717, 1.165) is 42.6 Å². The number of piperidine rings is 1. The first kappa shape index (κ1) is 28.4. The summed E-state index contributed by atoms with van der Waals surface area (Å²) in [5, 5.41) is 21.1. The Morgan fingerprint density at radius 1 is 1.08 bits per heavy atom. The molecule has 0 spiro atoms. The average Bonchev–Trinajstić information content (AvgIpc) is 3.35. The Morgan fingerprint density at radius 3 is 2.34 bits per heavy atom. The van der Waals surface area contributed by atoms with E-state index in [1.54, 1.807) is 26.2 Å². The van der Waals surface area contributed by atoms with Crippen molar-refractivity contribution in [2.24, 2.45) is 0 Å². The van der Waals surface area contributed by atoms with E-state index in [2.05, 4.69) is 23.0 Å². The van der Waals surface area contributed by atoms with Gasteiger partial charge in [-0.05, 0) is 70.1 Å². The van der Waals surface area contributed by atoms with Crippen LogP contribution in [0.15, 0.2) is 59.1 Å². The highest BCUT2D eigenvalue weighted by molar-refractivity contribution is 5.94. The molecule has 1 aliphatic rings. The first-order chi connectivity index (χ1) is 18.2. The minimum absolute atomic E-state index is 0.0102. The molecule has 0 saturated carbocycles. The first-order valence-electron chi connectivity index (χ1n) is 12.2. The third kappa shape index (κ3) is 7.66. The van der Waals surface area contributed by atoms with E-state index in [1.165, 1.54) is 0 Å². The Kier molecular flexibility index (Phi) is 10.0. The zero-order chi connectivity index (χ0) is 27.7. The number of rotatable bonds is 9. The number of nitrogens with zero attached hydrogens (tertiary/aromatic N) is 2. The molecule has 1 atom stereocenters. The minimum Gasteiger partial charge on any atom is -0.493 e. The SMILES string of the molecule is COc1cc(C(C)=O)ccc1OCC(C)N1CCC(c2noc3ccccc23)CC1.O=C(O)C=CC(=O)O. The lowest BCUT2D eigenvalue weighted by atomic mass is 9.91. The van der Waals surface area contributed by atoms with Gasteiger partial charge in [-0.1, -0.05) is 17.3 Å². The van der Waals surface area contributed by atoms with Crippen LogP contribution in [0.2, 0.25) is 0 Å². The zero-order valence-electron chi connectivity index (χ0n) is 21.6. The van der Waals surface area contributed by atoms with Crippen molar-refractivity contribution in [3.05, 3.63) is 65.9 Å². The molecule has 10 nitrogen and oxygen atoms in total. The summed E-state index contributed by atoms with van der Waals surface area (Å²) in [5.74, 6) is -0.821. The summed E-state index contributed by atoms with van der Waals surface area (Å²) in [7, 11) is 1.59. The van der Waals surface area contributed by atoms with Crippen LogP contribution in [0.25, 0.3) is 11.0 Å². The van der Waals surface area contributed by atoms with Gasteiger partial charge in [0.2, 0.25) is 0 Å². The van der Waals surface area contributed by atoms with Gasteiger partial charge in [0.25, 0.3) is 0 Å². The second-order valence-corrected chi connectivity index (χ2v) is 8.97. The molecule has 4 rings (SSSR count). The van der Waals surface area contributed by atoms with E-state index in [9.17, 15) is 14.4 Å². The van der Waals surface area contributed by atoms with Crippen molar-refractivity contribution in [2.75, 3.05) is 26.8 Å². The number of benzene rings is 2. The van der Waals surface area contributed by atoms with Crippen LogP contribution in [0.1, 0.15) is 48.7 Å². The maximum absolute atomic E-state index is 11.6. The molecule has 2 aromatic carbocycles. The fourth-order valence-electron chi connectivity index (χ4n) is 4.28. The molecule has 1 aliphatic heterocycles. The van der Waals surface area contributed by atoms with E-state index in [1.807, 2.05) is 24.3 Å². The smallest absolute Gasteiger partial charge is 0.328 e. The summed E-state index contributed by atoms with van der Waals surface area (Å²) in [6, 6.07) is 13.7. The molecule has 1 saturated heterocycles. The monoisotopic (exact) mass is 524 g/mol. The lowest BCUT2D eigenvalue weighted by Gasteiger charge is -2.35. The molecular formula is C28H32N2O8. The predicted molar refractivity (Wildman–Crippen MR) is 140 cm³/mol. The largest absolute Gasteiger partial charge is 0.493 e. The molecule has 38 heavy (non-hydrogen) atoms. The van der Waals surface area contributed by atoms with E-state index in [-0.39, 0.29) is 11.8 Å². The number of methoxy groups -OCH3 is 1. The van der Waals surface area contributed by atoms with Crippen molar-refractivity contribution in [3.63, 3.8) is 0 Å². The number of Topliss-reactive ketones (excluding diaryl/α,β-unsaturated/α-hetero) is 1. The Hall–Kier alpha value is -4.18. The molecule has 0 radical (unpaired) electrons. The van der Waals surface area contributed by atoms with Gasteiger partial charge in [0.1, 0.15) is 6.61 Å². The third-order valence-electron chi connectivity index (χ3n) is 6.36. The van der Waals surface area contributed by atoms with Gasteiger partial charge in [-0.3, -0.25) is 9.69 Å². The van der Waals surface area contributed by atoms with E-state index in [4.69, 9.17) is 24.2 Å². The Balaban J connectivity index is 0.000000436. The maximum atomic E-state index is 11.6. The number of ether oxygens (including phenoxy) is 2. The van der Waals surface area contributed by atoms with Gasteiger partial charge in [-0.25, -0.2) is 9.59 Å². The molecule has 1 fully saturated rings. The number of aliphatic carboxylic acids is 2. The number of carboxylic acids is 2. The molecule has 1 aromatic heterocycles. The summed E-state index contributed by atoms with van der Waals surface area (Å²) in [6.07, 6.45) is 3.22. The normalized spacial score (nSPS) is 15.0. The van der Waals surface area contributed by atoms with Crippen LogP contribution < -0.4 is 9.47 Å². The van der Waals surface area contributed by atoms with Crippen LogP contribution in [0.3, 0.4) is 0 Å². The zero-order valence-corrected chi connectivity index (χ0v) is 21.6. The van der Waals surface area contributed by atoms with Crippen molar-refractivity contribution in [1.29, 1.82) is 0 Å². The van der Waals surface area contributed by atoms with Crippen molar-refractivity contribution in [2.45, 2.75) is 38.6 Å². The minimum atomic E-state index is -1.26. The summed E-state index contributed by atoms with van der Waals surface area (Å²) in [6.45, 7) is 6.28. The molecule has 10 heteroatoms. The summed E-state index contributed by atoms with van der Waals surface area (Å²) in [4.78, 5) is 33.1. The highest BCUT2D eigenvalue weighted by Gasteiger charge is 2.27. The third-order valence-corrected chi connectivity index (χ3v) is 6.36. The fraction of sp³-hybridized carbons (Fsp3) is 0.357. The van der Waals surface area contributed by atoms with Gasteiger partial charge < -0.3 is 24.2 Å². The van der Waals surface area contributed by atoms with E-state index >= 15 is 0 Å². The highest BCUT2D eigenvalue weighted by atomic mass is 16.5. The van der Waals surface area contributed by atoms with Crippen LogP contribution >= 0.6 is 0 Å². The Bertz CT molecular complexity index is 1280. The van der Waals surface area contributed by atoms with Gasteiger partial charge >= 0.3 is 11.9 Å². The van der Waals surface area contributed by atoms with Crippen molar-refractivity contribution in [1.82, 2.24) is 10.1 Å². The number of fused-ring (bicyclic) bond motifs is 1. The van der Waals surface area contributed by atoms with E-state index < -0.39 is 11.9 Å². The van der Waals surface area contributed by atoms with Crippen molar-refractivity contribution < 1.29 is 38.6 Å². The highest BCUT2D eigenvalue weighted by Crippen LogP contribution is 2.33. The lowest BCUT2D eigenvalue weighted by molar-refractivity contribution is -0.134. The van der Waals surface area contributed by atoms with Gasteiger partial charge in [0.05, 0.1) is 12.8 Å². The molecule has 3 aromatic rings. The molecule has 0 bridgehead atoms. The van der Waals surface area contributed by atoms with Gasteiger partial charge in [0.15, 0.2) is 22.9 Å². The summed E-state index contributed by atoms with van der Waals surface area (Å²) < 4.78 is 16.9. The van der Waals surface area contributed by atoms with Gasteiger partial charge in [0, 0.05) is 35.1 Å². The Labute approximate surface area is 220 Å². The maximum Gasteiger partial charge on any atom is 0.328 e. The second kappa shape index (κ2) is 13.4. The van der Waals surface area contributed by atoms with Gasteiger partial charge in [-0.2, -0.15) is 0 Å². The number of ketones is 1. The summed E-state index contributed by atoms with van der Waals surface area (Å²) >= 11 is 0. The van der Waals surface area contributed by atoms with Crippen LogP contribution in [0.5, 0.6) is 11.5 Å². The second-order valence-electron chi connectivity index (χ2n) is 8.97. The molecule has 2 heterocycles. The van der Waals surface area contributed by atoms with E-state index in [0.29, 0.717) is 41.7 Å². The number of carbonyl (C=O) groups is 3. The lowest BCUT2D eigenvalue weighted by Crippen LogP contribution is -2.42. The molecule has 202 valence electrons. The van der Waals surface area contributed by atoms with Crippen LogP contribution in [-0.2, 0) is 9.59 Å². The standard InChI is InChI=1S/C24H28N2O4.C4H4O4/c1-16(15-29-22-9-8-19(17(2)27)14-23(22)28-3)26-12-10-18(11-13-26)24-20-6-4-5-7-21(20)30-25-24;5-3(6)1-2-4(7)8/h4-9,14,16,18H,10-13,15H2,1-3H3;1-2H,(H,5,6)(H,7,8). The number of hydrogen-bond acceptors (Lipinski definition) is 8. The number of para-hydroxylation sites is 1. The average molecular weight is 525 g/mol. The van der Waals surface area contributed by atoms with Crippen molar-refractivity contribution >= 4 is 28.7 Å². The number of likely N-dealkylation sites (tertiary alicyclic amines) is 1. The number of hydrogen-bond donors (Lipinski definition) is 2. The van der Waals surface area contributed by atoms with Crippen LogP contribution in [0, 0.1) is 0 Å².